The summed E-state index contributed by atoms with van der Waals surface area (Å²) in [6.07, 6.45) is 4.14. The molecule has 0 saturated heterocycles. The van der Waals surface area contributed by atoms with Crippen molar-refractivity contribution in [2.45, 2.75) is 24.9 Å². The molecule has 0 aromatic heterocycles. The first-order chi connectivity index (χ1) is 23.5. The molecule has 234 valence electrons. The predicted molar refractivity (Wildman–Crippen MR) is 189 cm³/mol. The summed E-state index contributed by atoms with van der Waals surface area (Å²) in [7, 11) is 0. The van der Waals surface area contributed by atoms with E-state index in [0.717, 1.165) is 22.3 Å². The number of nitrogens with one attached hydrogen (secondary N) is 2. The second-order valence-electron chi connectivity index (χ2n) is 11.3. The SMILES string of the molecule is N#C/C(=C\c1cccc(/C=C(\C#N)C(=O)N[C@@H](Cc2ccccc2)c2ccccc2)c1)C(=O)N[C@@H](Cc1ccccc1)c1ccccc1. The van der Waals surface area contributed by atoms with Crippen LogP contribution >= 0.6 is 0 Å². The van der Waals surface area contributed by atoms with Crippen molar-refractivity contribution in [1.82, 2.24) is 10.6 Å². The van der Waals surface area contributed by atoms with Crippen LogP contribution < -0.4 is 10.6 Å². The van der Waals surface area contributed by atoms with Crippen LogP contribution in [0.2, 0.25) is 0 Å². The van der Waals surface area contributed by atoms with E-state index in [-0.39, 0.29) is 23.2 Å². The van der Waals surface area contributed by atoms with Gasteiger partial charge in [0.25, 0.3) is 11.8 Å². The Morgan fingerprint density at radius 1 is 0.521 bits per heavy atom. The zero-order chi connectivity index (χ0) is 33.6. The third-order valence-electron chi connectivity index (χ3n) is 7.84. The Kier molecular flexibility index (Phi) is 11.4. The van der Waals surface area contributed by atoms with Gasteiger partial charge >= 0.3 is 0 Å². The Morgan fingerprint density at radius 3 is 1.23 bits per heavy atom. The van der Waals surface area contributed by atoms with Gasteiger partial charge in [-0.1, -0.05) is 140 Å². The zero-order valence-corrected chi connectivity index (χ0v) is 26.3. The second kappa shape index (κ2) is 16.7. The van der Waals surface area contributed by atoms with Gasteiger partial charge in [-0.2, -0.15) is 10.5 Å². The smallest absolute Gasteiger partial charge is 0.262 e. The Morgan fingerprint density at radius 2 is 0.875 bits per heavy atom. The summed E-state index contributed by atoms with van der Waals surface area (Å²) in [6.45, 7) is 0. The van der Waals surface area contributed by atoms with Crippen LogP contribution in [0.4, 0.5) is 0 Å². The van der Waals surface area contributed by atoms with Crippen molar-refractivity contribution in [3.05, 3.63) is 190 Å². The maximum Gasteiger partial charge on any atom is 0.262 e. The molecule has 0 aliphatic carbocycles. The van der Waals surface area contributed by atoms with Gasteiger partial charge in [0.15, 0.2) is 0 Å². The highest BCUT2D eigenvalue weighted by atomic mass is 16.2. The highest BCUT2D eigenvalue weighted by Crippen LogP contribution is 2.22. The summed E-state index contributed by atoms with van der Waals surface area (Å²) < 4.78 is 0. The van der Waals surface area contributed by atoms with E-state index in [1.807, 2.05) is 133 Å². The van der Waals surface area contributed by atoms with Gasteiger partial charge in [0.2, 0.25) is 0 Å². The van der Waals surface area contributed by atoms with E-state index in [0.29, 0.717) is 24.0 Å². The Labute approximate surface area is 281 Å². The topological polar surface area (TPSA) is 106 Å². The fourth-order valence-corrected chi connectivity index (χ4v) is 5.42. The standard InChI is InChI=1S/C42H34N4O2/c43-29-37(41(47)45-39(35-20-9-3-10-21-35)27-31-14-5-1-6-15-31)25-33-18-13-19-34(24-33)26-38(30-44)42(48)46-40(36-22-11-4-12-23-36)28-32-16-7-2-8-17-32/h1-26,39-40H,27-28H2,(H,45,47)(H,46,48)/b37-25+,38-26+/t39-,40-/m0/s1. The van der Waals surface area contributed by atoms with E-state index in [4.69, 9.17) is 0 Å². The highest BCUT2D eigenvalue weighted by molar-refractivity contribution is 6.03. The first-order valence-electron chi connectivity index (χ1n) is 15.7. The zero-order valence-electron chi connectivity index (χ0n) is 26.3. The van der Waals surface area contributed by atoms with Crippen molar-refractivity contribution in [1.29, 1.82) is 10.5 Å². The number of carbonyl (C=O) groups is 2. The molecular formula is C42H34N4O2. The third-order valence-corrected chi connectivity index (χ3v) is 7.84. The van der Waals surface area contributed by atoms with Crippen LogP contribution in [0, 0.1) is 22.7 Å². The Balaban J connectivity index is 1.34. The summed E-state index contributed by atoms with van der Waals surface area (Å²) in [5, 5.41) is 26.0. The summed E-state index contributed by atoms with van der Waals surface area (Å²) in [4.78, 5) is 26.8. The van der Waals surface area contributed by atoms with E-state index in [1.165, 1.54) is 12.2 Å². The highest BCUT2D eigenvalue weighted by Gasteiger charge is 2.20. The molecule has 48 heavy (non-hydrogen) atoms. The summed E-state index contributed by atoms with van der Waals surface area (Å²) in [6, 6.07) is 49.4. The van der Waals surface area contributed by atoms with E-state index in [2.05, 4.69) is 10.6 Å². The van der Waals surface area contributed by atoms with Crippen LogP contribution in [-0.2, 0) is 22.4 Å². The maximum absolute atomic E-state index is 13.4. The van der Waals surface area contributed by atoms with Crippen LogP contribution in [0.1, 0.15) is 45.5 Å². The van der Waals surface area contributed by atoms with Crippen LogP contribution in [0.3, 0.4) is 0 Å². The lowest BCUT2D eigenvalue weighted by Gasteiger charge is -2.19. The molecule has 2 atom stereocenters. The molecular weight excluding hydrogens is 592 g/mol. The van der Waals surface area contributed by atoms with E-state index < -0.39 is 11.8 Å². The molecule has 0 unspecified atom stereocenters. The van der Waals surface area contributed by atoms with E-state index in [9.17, 15) is 20.1 Å². The molecule has 5 aromatic carbocycles. The monoisotopic (exact) mass is 626 g/mol. The van der Waals surface area contributed by atoms with Crippen molar-refractivity contribution in [3.63, 3.8) is 0 Å². The summed E-state index contributed by atoms with van der Waals surface area (Å²) in [5.41, 5.74) is 5.02. The molecule has 2 amide bonds. The van der Waals surface area contributed by atoms with Gasteiger partial charge < -0.3 is 10.6 Å². The van der Waals surface area contributed by atoms with E-state index >= 15 is 0 Å². The summed E-state index contributed by atoms with van der Waals surface area (Å²) in [5.74, 6) is -0.989. The van der Waals surface area contributed by atoms with Crippen molar-refractivity contribution in [2.24, 2.45) is 0 Å². The van der Waals surface area contributed by atoms with Gasteiger partial charge in [-0.25, -0.2) is 0 Å². The molecule has 2 N–H and O–H groups in total. The fourth-order valence-electron chi connectivity index (χ4n) is 5.42. The van der Waals surface area contributed by atoms with Crippen molar-refractivity contribution < 1.29 is 9.59 Å². The minimum absolute atomic E-state index is 0.0602. The molecule has 0 bridgehead atoms. The largest absolute Gasteiger partial charge is 0.344 e. The normalized spacial score (nSPS) is 12.5. The molecule has 0 spiro atoms. The predicted octanol–water partition coefficient (Wildman–Crippen LogP) is 7.70. The molecule has 0 aliphatic rings. The maximum atomic E-state index is 13.4. The lowest BCUT2D eigenvalue weighted by atomic mass is 9.98. The quantitative estimate of drug-likeness (QED) is 0.109. The number of rotatable bonds is 12. The van der Waals surface area contributed by atoms with Crippen LogP contribution in [0.5, 0.6) is 0 Å². The number of nitrogens with zero attached hydrogens (tertiary/aromatic N) is 2. The number of amides is 2. The Bertz CT molecular complexity index is 1830. The lowest BCUT2D eigenvalue weighted by molar-refractivity contribution is -0.118. The van der Waals surface area contributed by atoms with Gasteiger partial charge in [0.1, 0.15) is 23.3 Å². The number of nitriles is 2. The molecule has 0 fully saturated rings. The molecule has 6 heteroatoms. The van der Waals surface area contributed by atoms with Gasteiger partial charge in [-0.05, 0) is 64.4 Å². The fraction of sp³-hybridized carbons (Fsp3) is 0.0952. The molecule has 0 radical (unpaired) electrons. The lowest BCUT2D eigenvalue weighted by Crippen LogP contribution is -2.30. The minimum atomic E-state index is -0.495. The molecule has 5 rings (SSSR count). The van der Waals surface area contributed by atoms with Gasteiger partial charge in [0, 0.05) is 0 Å². The number of hydrogen-bond acceptors (Lipinski definition) is 4. The molecule has 0 aliphatic heterocycles. The second-order valence-corrected chi connectivity index (χ2v) is 11.3. The molecule has 6 nitrogen and oxygen atoms in total. The number of benzene rings is 5. The first-order valence-corrected chi connectivity index (χ1v) is 15.7. The van der Waals surface area contributed by atoms with Crippen LogP contribution in [0.15, 0.2) is 157 Å². The molecule has 5 aromatic rings. The Hall–Kier alpha value is -6.50. The van der Waals surface area contributed by atoms with Gasteiger partial charge in [-0.15, -0.1) is 0 Å². The first kappa shape index (κ1) is 32.9. The minimum Gasteiger partial charge on any atom is -0.344 e. The van der Waals surface area contributed by atoms with Crippen molar-refractivity contribution in [3.8, 4) is 12.1 Å². The molecule has 0 saturated carbocycles. The van der Waals surface area contributed by atoms with Crippen LogP contribution in [-0.4, -0.2) is 11.8 Å². The van der Waals surface area contributed by atoms with Crippen molar-refractivity contribution in [2.75, 3.05) is 0 Å². The van der Waals surface area contributed by atoms with Gasteiger partial charge in [-0.3, -0.25) is 9.59 Å². The average Bonchev–Trinajstić information content (AvgIpc) is 3.14. The average molecular weight is 627 g/mol. The third kappa shape index (κ3) is 9.26. The van der Waals surface area contributed by atoms with Crippen molar-refractivity contribution >= 4 is 24.0 Å². The van der Waals surface area contributed by atoms with Gasteiger partial charge in [0.05, 0.1) is 12.1 Å². The van der Waals surface area contributed by atoms with Crippen LogP contribution in [0.25, 0.3) is 12.2 Å². The number of carbonyl (C=O) groups excluding carboxylic acids is 2. The number of hydrogen-bond donors (Lipinski definition) is 2. The molecule has 0 heterocycles. The van der Waals surface area contributed by atoms with E-state index in [1.54, 1.807) is 24.3 Å². The summed E-state index contributed by atoms with van der Waals surface area (Å²) >= 11 is 0.